The predicted octanol–water partition coefficient (Wildman–Crippen LogP) is 2.54. The van der Waals surface area contributed by atoms with E-state index >= 15 is 0 Å². The molecule has 0 amide bonds. The van der Waals surface area contributed by atoms with Crippen LogP contribution in [0.5, 0.6) is 5.75 Å². The zero-order valence-corrected chi connectivity index (χ0v) is 14.6. The molecule has 1 N–H and O–H groups in total. The summed E-state index contributed by atoms with van der Waals surface area (Å²) in [6.45, 7) is 0.174. The SMILES string of the molecule is COc1cc2ncc(C#N)c(-c3ccc(CN[SH](=O)=O)cc3)c2cc1F. The van der Waals surface area contributed by atoms with E-state index in [-0.39, 0.29) is 12.3 Å². The lowest BCUT2D eigenvalue weighted by molar-refractivity contribution is 0.387. The Hall–Kier alpha value is -3.02. The van der Waals surface area contributed by atoms with E-state index in [0.717, 1.165) is 5.56 Å². The van der Waals surface area contributed by atoms with Crippen LogP contribution in [-0.4, -0.2) is 20.5 Å². The Kier molecular flexibility index (Phi) is 5.11. The maximum atomic E-state index is 14.2. The summed E-state index contributed by atoms with van der Waals surface area (Å²) >= 11 is 0. The molecule has 0 bridgehead atoms. The number of pyridine rings is 1. The van der Waals surface area contributed by atoms with Crippen LogP contribution < -0.4 is 9.46 Å². The van der Waals surface area contributed by atoms with Crippen LogP contribution in [-0.2, 0) is 17.4 Å². The smallest absolute Gasteiger partial charge is 0.201 e. The second kappa shape index (κ2) is 7.47. The molecule has 0 atom stereocenters. The summed E-state index contributed by atoms with van der Waals surface area (Å²) in [5.41, 5.74) is 2.85. The molecule has 2 aromatic carbocycles. The van der Waals surface area contributed by atoms with E-state index in [9.17, 15) is 18.1 Å². The molecule has 1 heterocycles. The molecule has 0 unspecified atom stereocenters. The highest BCUT2D eigenvalue weighted by molar-refractivity contribution is 7.70. The van der Waals surface area contributed by atoms with Crippen LogP contribution in [0.2, 0.25) is 0 Å². The number of ether oxygens (including phenoxy) is 1. The Morgan fingerprint density at radius 3 is 2.62 bits per heavy atom. The summed E-state index contributed by atoms with van der Waals surface area (Å²) in [6, 6.07) is 11.9. The maximum Gasteiger partial charge on any atom is 0.201 e. The van der Waals surface area contributed by atoms with Crippen molar-refractivity contribution in [3.8, 4) is 22.9 Å². The van der Waals surface area contributed by atoms with Gasteiger partial charge in [0.15, 0.2) is 11.6 Å². The summed E-state index contributed by atoms with van der Waals surface area (Å²) < 4.78 is 42.7. The third kappa shape index (κ3) is 3.49. The molecule has 0 saturated carbocycles. The minimum absolute atomic E-state index is 0.0776. The second-order valence-electron chi connectivity index (χ2n) is 5.45. The van der Waals surface area contributed by atoms with Crippen molar-refractivity contribution in [2.24, 2.45) is 0 Å². The number of benzene rings is 2. The molecule has 0 aliphatic carbocycles. The number of nitriles is 1. The third-order valence-corrected chi connectivity index (χ3v) is 4.33. The highest BCUT2D eigenvalue weighted by Gasteiger charge is 2.14. The summed E-state index contributed by atoms with van der Waals surface area (Å²) in [6.07, 6.45) is 1.44. The largest absolute Gasteiger partial charge is 0.494 e. The van der Waals surface area contributed by atoms with Gasteiger partial charge in [0.05, 0.1) is 18.2 Å². The van der Waals surface area contributed by atoms with Gasteiger partial charge in [0.1, 0.15) is 6.07 Å². The van der Waals surface area contributed by atoms with Crippen LogP contribution in [0.4, 0.5) is 4.39 Å². The number of aromatic nitrogens is 1. The van der Waals surface area contributed by atoms with E-state index in [1.807, 2.05) is 0 Å². The average Bonchev–Trinajstić information content (AvgIpc) is 2.65. The Morgan fingerprint density at radius 1 is 1.27 bits per heavy atom. The van der Waals surface area contributed by atoms with Crippen LogP contribution in [0.3, 0.4) is 0 Å². The summed E-state index contributed by atoms with van der Waals surface area (Å²) in [5.74, 6) is -0.466. The van der Waals surface area contributed by atoms with Crippen molar-refractivity contribution in [3.63, 3.8) is 0 Å². The van der Waals surface area contributed by atoms with Crippen molar-refractivity contribution in [1.82, 2.24) is 9.71 Å². The summed E-state index contributed by atoms with van der Waals surface area (Å²) in [4.78, 5) is 4.21. The van der Waals surface area contributed by atoms with Gasteiger partial charge in [-0.1, -0.05) is 24.3 Å². The van der Waals surface area contributed by atoms with E-state index in [4.69, 9.17) is 4.74 Å². The van der Waals surface area contributed by atoms with E-state index in [1.165, 1.54) is 25.4 Å². The summed E-state index contributed by atoms with van der Waals surface area (Å²) in [5, 5.41) is 9.92. The zero-order valence-electron chi connectivity index (χ0n) is 13.7. The number of hydrogen-bond acceptors (Lipinski definition) is 5. The van der Waals surface area contributed by atoms with E-state index in [2.05, 4.69) is 15.8 Å². The fourth-order valence-corrected chi connectivity index (χ4v) is 3.00. The van der Waals surface area contributed by atoms with Crippen molar-refractivity contribution < 1.29 is 17.5 Å². The van der Waals surface area contributed by atoms with E-state index in [1.54, 1.807) is 24.3 Å². The Labute approximate surface area is 150 Å². The van der Waals surface area contributed by atoms with Crippen molar-refractivity contribution in [2.45, 2.75) is 6.54 Å². The van der Waals surface area contributed by atoms with Gasteiger partial charge in [-0.3, -0.25) is 4.98 Å². The van der Waals surface area contributed by atoms with Gasteiger partial charge in [-0.15, -0.1) is 0 Å². The molecule has 1 aromatic heterocycles. The number of nitrogens with one attached hydrogen (secondary N) is 1. The Bertz CT molecular complexity index is 1080. The van der Waals surface area contributed by atoms with Gasteiger partial charge in [0.25, 0.3) is 0 Å². The molecule has 0 aliphatic heterocycles. The standard InChI is InChI=1S/C18H14FN3O3S/c1-25-17-7-16-14(6-15(17)19)18(13(8-20)10-21-16)12-4-2-11(3-5-12)9-22-26(23)24/h2-7,10,26H,9H2,1H3,(H,22,23,24). The first-order chi connectivity index (χ1) is 12.5. The van der Waals surface area contributed by atoms with Crippen molar-refractivity contribution in [2.75, 3.05) is 7.11 Å². The minimum Gasteiger partial charge on any atom is -0.494 e. The lowest BCUT2D eigenvalue weighted by Crippen LogP contribution is -2.09. The predicted molar refractivity (Wildman–Crippen MR) is 95.6 cm³/mol. The van der Waals surface area contributed by atoms with Crippen molar-refractivity contribution >= 4 is 21.8 Å². The van der Waals surface area contributed by atoms with Gasteiger partial charge in [0, 0.05) is 29.8 Å². The lowest BCUT2D eigenvalue weighted by Gasteiger charge is -2.11. The van der Waals surface area contributed by atoms with Gasteiger partial charge in [-0.25, -0.2) is 17.5 Å². The number of nitrogens with zero attached hydrogens (tertiary/aromatic N) is 2. The molecule has 26 heavy (non-hydrogen) atoms. The molecular formula is C18H14FN3O3S. The fourth-order valence-electron chi connectivity index (χ4n) is 2.69. The molecule has 0 spiro atoms. The highest BCUT2D eigenvalue weighted by Crippen LogP contribution is 2.34. The number of fused-ring (bicyclic) bond motifs is 1. The number of thiol groups is 1. The molecule has 3 aromatic rings. The molecule has 0 radical (unpaired) electrons. The Morgan fingerprint density at radius 2 is 2.00 bits per heavy atom. The first kappa shape index (κ1) is 17.8. The first-order valence-electron chi connectivity index (χ1n) is 7.57. The average molecular weight is 371 g/mol. The fraction of sp³-hybridized carbons (Fsp3) is 0.111. The molecule has 6 nitrogen and oxygen atoms in total. The van der Waals surface area contributed by atoms with Gasteiger partial charge >= 0.3 is 0 Å². The maximum absolute atomic E-state index is 14.2. The van der Waals surface area contributed by atoms with Crippen LogP contribution >= 0.6 is 0 Å². The molecule has 3 rings (SSSR count). The molecule has 0 saturated heterocycles. The third-order valence-electron chi connectivity index (χ3n) is 3.92. The molecule has 132 valence electrons. The van der Waals surface area contributed by atoms with Crippen molar-refractivity contribution in [1.29, 1.82) is 5.26 Å². The topological polar surface area (TPSA) is 92.1 Å². The quantitative estimate of drug-likeness (QED) is 0.673. The van der Waals surface area contributed by atoms with Crippen molar-refractivity contribution in [3.05, 3.63) is 59.5 Å². The Balaban J connectivity index is 2.13. The minimum atomic E-state index is -2.67. The normalized spacial score (nSPS) is 10.8. The van der Waals surface area contributed by atoms with Gasteiger partial charge < -0.3 is 4.74 Å². The van der Waals surface area contributed by atoms with Gasteiger partial charge in [-0.05, 0) is 17.2 Å². The van der Waals surface area contributed by atoms with Crippen LogP contribution in [0.25, 0.3) is 22.0 Å². The van der Waals surface area contributed by atoms with Gasteiger partial charge in [0.2, 0.25) is 10.9 Å². The lowest BCUT2D eigenvalue weighted by atomic mass is 9.96. The molecule has 0 aliphatic rings. The number of methoxy groups -OCH3 is 1. The first-order valence-corrected chi connectivity index (χ1v) is 8.74. The monoisotopic (exact) mass is 371 g/mol. The second-order valence-corrected chi connectivity index (χ2v) is 6.28. The van der Waals surface area contributed by atoms with E-state index in [0.29, 0.717) is 27.6 Å². The van der Waals surface area contributed by atoms with Gasteiger partial charge in [-0.2, -0.15) is 5.26 Å². The number of hydrogen-bond donors (Lipinski definition) is 2. The van der Waals surface area contributed by atoms with Crippen LogP contribution in [0, 0.1) is 17.1 Å². The molecule has 0 fully saturated rings. The number of rotatable bonds is 5. The van der Waals surface area contributed by atoms with Crippen LogP contribution in [0.15, 0.2) is 42.6 Å². The highest BCUT2D eigenvalue weighted by atomic mass is 32.2. The number of halogens is 1. The van der Waals surface area contributed by atoms with Crippen LogP contribution in [0.1, 0.15) is 11.1 Å². The molecular weight excluding hydrogens is 357 g/mol. The summed E-state index contributed by atoms with van der Waals surface area (Å²) in [7, 11) is -1.30. The van der Waals surface area contributed by atoms with E-state index < -0.39 is 16.7 Å². The zero-order chi connectivity index (χ0) is 18.7. The molecule has 8 heteroatoms.